The van der Waals surface area contributed by atoms with Crippen LogP contribution in [0, 0.1) is 0 Å². The minimum atomic E-state index is 0.0957. The maximum Gasteiger partial charge on any atom is 0.225 e. The number of amides is 1. The predicted molar refractivity (Wildman–Crippen MR) is 123 cm³/mol. The Balaban J connectivity index is 1.21. The van der Waals surface area contributed by atoms with Crippen molar-refractivity contribution in [3.05, 3.63) is 54.4 Å². The Morgan fingerprint density at radius 1 is 0.935 bits per heavy atom. The highest BCUT2D eigenvalue weighted by Crippen LogP contribution is 2.23. The van der Waals surface area contributed by atoms with Crippen LogP contribution >= 0.6 is 0 Å². The Morgan fingerprint density at radius 2 is 1.65 bits per heavy atom. The number of hydrogen-bond acceptors (Lipinski definition) is 6. The first-order valence-electron chi connectivity index (χ1n) is 11.3. The maximum atomic E-state index is 12.8. The Morgan fingerprint density at radius 3 is 2.32 bits per heavy atom. The van der Waals surface area contributed by atoms with Gasteiger partial charge in [-0.3, -0.25) is 14.6 Å². The summed E-state index contributed by atoms with van der Waals surface area (Å²) >= 11 is 0. The van der Waals surface area contributed by atoms with Gasteiger partial charge in [-0.05, 0) is 25.5 Å². The summed E-state index contributed by atoms with van der Waals surface area (Å²) in [5, 5.41) is 0. The molecule has 4 rings (SSSR count). The van der Waals surface area contributed by atoms with Crippen molar-refractivity contribution in [2.24, 2.45) is 0 Å². The van der Waals surface area contributed by atoms with E-state index in [1.807, 2.05) is 11.0 Å². The number of carbonyl (C=O) groups excluding carboxylic acids is 1. The monoisotopic (exact) mass is 422 g/mol. The van der Waals surface area contributed by atoms with Gasteiger partial charge >= 0.3 is 0 Å². The molecule has 0 unspecified atom stereocenters. The summed E-state index contributed by atoms with van der Waals surface area (Å²) in [6, 6.07) is 12.5. The number of anilines is 1. The molecule has 166 valence electrons. The molecule has 7 heteroatoms. The second-order valence-corrected chi connectivity index (χ2v) is 9.16. The van der Waals surface area contributed by atoms with E-state index in [1.165, 1.54) is 5.56 Å². The van der Waals surface area contributed by atoms with Crippen LogP contribution in [0.3, 0.4) is 0 Å². The molecule has 3 heterocycles. The zero-order chi connectivity index (χ0) is 21.7. The Labute approximate surface area is 185 Å². The quantitative estimate of drug-likeness (QED) is 0.711. The van der Waals surface area contributed by atoms with E-state index < -0.39 is 0 Å². The van der Waals surface area contributed by atoms with E-state index in [0.717, 1.165) is 64.9 Å². The van der Waals surface area contributed by atoms with Crippen molar-refractivity contribution in [1.82, 2.24) is 24.7 Å². The highest BCUT2D eigenvalue weighted by Gasteiger charge is 2.33. The molecule has 0 spiro atoms. The first-order chi connectivity index (χ1) is 15.0. The van der Waals surface area contributed by atoms with Gasteiger partial charge in [0.15, 0.2) is 0 Å². The highest BCUT2D eigenvalue weighted by molar-refractivity contribution is 5.76. The van der Waals surface area contributed by atoms with Crippen LogP contribution in [0.4, 0.5) is 5.95 Å². The topological polar surface area (TPSA) is 55.8 Å². The lowest BCUT2D eigenvalue weighted by molar-refractivity contribution is -0.132. The summed E-state index contributed by atoms with van der Waals surface area (Å²) in [6.45, 7) is 12.6. The molecule has 2 aliphatic heterocycles. The minimum Gasteiger partial charge on any atom is -0.339 e. The van der Waals surface area contributed by atoms with Crippen LogP contribution in [0.25, 0.3) is 0 Å². The van der Waals surface area contributed by atoms with Crippen LogP contribution < -0.4 is 4.90 Å². The molecule has 1 aromatic carbocycles. The Kier molecular flexibility index (Phi) is 6.83. The first kappa shape index (κ1) is 21.7. The summed E-state index contributed by atoms with van der Waals surface area (Å²) in [6.07, 6.45) is 4.12. The minimum absolute atomic E-state index is 0.0957. The summed E-state index contributed by atoms with van der Waals surface area (Å²) in [5.74, 6) is 1.02. The zero-order valence-corrected chi connectivity index (χ0v) is 18.8. The number of benzene rings is 1. The smallest absolute Gasteiger partial charge is 0.225 e. The standard InChI is InChI=1S/C24H34N6O/c1-24(2)20-27(13-18-30(24)19-21-7-4-3-5-8-21)12-9-22(31)28-14-16-29(17-15-28)23-25-10-6-11-26-23/h3-8,10-11H,9,12-20H2,1-2H3. The van der Waals surface area contributed by atoms with Crippen molar-refractivity contribution in [2.75, 3.05) is 57.3 Å². The van der Waals surface area contributed by atoms with E-state index in [2.05, 4.69) is 68.8 Å². The van der Waals surface area contributed by atoms with E-state index in [-0.39, 0.29) is 11.4 Å². The molecule has 2 fully saturated rings. The molecule has 0 bridgehead atoms. The van der Waals surface area contributed by atoms with Gasteiger partial charge < -0.3 is 9.80 Å². The number of piperazine rings is 2. The van der Waals surface area contributed by atoms with E-state index in [4.69, 9.17) is 0 Å². The van der Waals surface area contributed by atoms with Gasteiger partial charge in [0, 0.05) is 83.3 Å². The molecule has 2 aliphatic rings. The van der Waals surface area contributed by atoms with E-state index in [9.17, 15) is 4.79 Å². The molecule has 0 aliphatic carbocycles. The van der Waals surface area contributed by atoms with Crippen molar-refractivity contribution in [3.63, 3.8) is 0 Å². The van der Waals surface area contributed by atoms with Crippen molar-refractivity contribution in [1.29, 1.82) is 0 Å². The molecule has 7 nitrogen and oxygen atoms in total. The fourth-order valence-electron chi connectivity index (χ4n) is 4.60. The van der Waals surface area contributed by atoms with Crippen LogP contribution in [-0.4, -0.2) is 88.5 Å². The molecule has 0 radical (unpaired) electrons. The molecule has 0 N–H and O–H groups in total. The van der Waals surface area contributed by atoms with Gasteiger partial charge in [-0.1, -0.05) is 30.3 Å². The first-order valence-corrected chi connectivity index (χ1v) is 11.3. The fraction of sp³-hybridized carbons (Fsp3) is 0.542. The van der Waals surface area contributed by atoms with Crippen LogP contribution in [0.5, 0.6) is 0 Å². The van der Waals surface area contributed by atoms with Gasteiger partial charge in [-0.2, -0.15) is 0 Å². The average molecular weight is 423 g/mol. The van der Waals surface area contributed by atoms with Gasteiger partial charge in [-0.15, -0.1) is 0 Å². The van der Waals surface area contributed by atoms with E-state index in [1.54, 1.807) is 12.4 Å². The molecular weight excluding hydrogens is 388 g/mol. The Hall–Kier alpha value is -2.51. The molecule has 1 aromatic heterocycles. The lowest BCUT2D eigenvalue weighted by atomic mass is 9.97. The summed E-state index contributed by atoms with van der Waals surface area (Å²) in [4.78, 5) is 30.6. The zero-order valence-electron chi connectivity index (χ0n) is 18.8. The maximum absolute atomic E-state index is 12.8. The molecule has 2 aromatic rings. The van der Waals surface area contributed by atoms with Gasteiger partial charge in [-0.25, -0.2) is 9.97 Å². The normalized spacial score (nSPS) is 20.1. The largest absolute Gasteiger partial charge is 0.339 e. The predicted octanol–water partition coefficient (Wildman–Crippen LogP) is 2.11. The number of nitrogens with zero attached hydrogens (tertiary/aromatic N) is 6. The molecule has 31 heavy (non-hydrogen) atoms. The SMILES string of the molecule is CC1(C)CN(CCC(=O)N2CCN(c3ncccn3)CC2)CCN1Cc1ccccc1. The molecule has 2 saturated heterocycles. The molecule has 1 amide bonds. The third kappa shape index (κ3) is 5.60. The van der Waals surface area contributed by atoms with Crippen molar-refractivity contribution >= 4 is 11.9 Å². The second kappa shape index (κ2) is 9.75. The van der Waals surface area contributed by atoms with Crippen LogP contribution in [0.1, 0.15) is 25.8 Å². The van der Waals surface area contributed by atoms with Crippen LogP contribution in [-0.2, 0) is 11.3 Å². The average Bonchev–Trinajstić information content (AvgIpc) is 2.80. The second-order valence-electron chi connectivity index (χ2n) is 9.16. The summed E-state index contributed by atoms with van der Waals surface area (Å²) < 4.78 is 0. The van der Waals surface area contributed by atoms with Crippen molar-refractivity contribution in [2.45, 2.75) is 32.4 Å². The van der Waals surface area contributed by atoms with Crippen molar-refractivity contribution in [3.8, 4) is 0 Å². The van der Waals surface area contributed by atoms with E-state index >= 15 is 0 Å². The van der Waals surface area contributed by atoms with Crippen LogP contribution in [0.2, 0.25) is 0 Å². The van der Waals surface area contributed by atoms with Gasteiger partial charge in [0.25, 0.3) is 0 Å². The summed E-state index contributed by atoms with van der Waals surface area (Å²) in [7, 11) is 0. The lowest BCUT2D eigenvalue weighted by Crippen LogP contribution is -2.59. The number of carbonyl (C=O) groups is 1. The lowest BCUT2D eigenvalue weighted by Gasteiger charge is -2.47. The van der Waals surface area contributed by atoms with Gasteiger partial charge in [0.2, 0.25) is 11.9 Å². The van der Waals surface area contributed by atoms with Gasteiger partial charge in [0.1, 0.15) is 0 Å². The van der Waals surface area contributed by atoms with Crippen LogP contribution in [0.15, 0.2) is 48.8 Å². The number of aromatic nitrogens is 2. The van der Waals surface area contributed by atoms with Crippen molar-refractivity contribution < 1.29 is 4.79 Å². The third-order valence-electron chi connectivity index (χ3n) is 6.48. The van der Waals surface area contributed by atoms with Gasteiger partial charge in [0.05, 0.1) is 0 Å². The highest BCUT2D eigenvalue weighted by atomic mass is 16.2. The molecular formula is C24H34N6O. The third-order valence-corrected chi connectivity index (χ3v) is 6.48. The number of hydrogen-bond donors (Lipinski definition) is 0. The molecule has 0 saturated carbocycles. The number of rotatable bonds is 6. The molecule has 0 atom stereocenters. The summed E-state index contributed by atoms with van der Waals surface area (Å²) in [5.41, 5.74) is 1.46. The fourth-order valence-corrected chi connectivity index (χ4v) is 4.60. The van der Waals surface area contributed by atoms with E-state index in [0.29, 0.717) is 6.42 Å². The Bertz CT molecular complexity index is 836.